The molecule has 0 radical (unpaired) electrons. The minimum absolute atomic E-state index is 0.0398. The largest absolute Gasteiger partial charge is 0.376 e. The molecule has 1 atom stereocenters. The van der Waals surface area contributed by atoms with Gasteiger partial charge in [0, 0.05) is 30.6 Å². The number of nitrogens with zero attached hydrogens (tertiary/aromatic N) is 3. The minimum atomic E-state index is 0.0398. The normalized spacial score (nSPS) is 16.7. The molecule has 6 nitrogen and oxygen atoms in total. The van der Waals surface area contributed by atoms with Crippen LogP contribution >= 0.6 is 0 Å². The Morgan fingerprint density at radius 2 is 2.07 bits per heavy atom. The van der Waals surface area contributed by atoms with Gasteiger partial charge in [-0.15, -0.1) is 0 Å². The van der Waals surface area contributed by atoms with Gasteiger partial charge >= 0.3 is 0 Å². The van der Waals surface area contributed by atoms with E-state index in [4.69, 9.17) is 9.26 Å². The van der Waals surface area contributed by atoms with Crippen molar-refractivity contribution in [1.29, 1.82) is 0 Å². The monoisotopic (exact) mass is 391 g/mol. The predicted octanol–water partition coefficient (Wildman–Crippen LogP) is 3.91. The third-order valence-electron chi connectivity index (χ3n) is 5.10. The van der Waals surface area contributed by atoms with E-state index in [9.17, 15) is 4.79 Å². The Labute approximate surface area is 170 Å². The van der Waals surface area contributed by atoms with Crippen LogP contribution < -0.4 is 0 Å². The highest BCUT2D eigenvalue weighted by molar-refractivity contribution is 5.94. The van der Waals surface area contributed by atoms with Crippen LogP contribution in [0.1, 0.15) is 34.6 Å². The second-order valence-corrected chi connectivity index (χ2v) is 7.39. The molecule has 0 N–H and O–H groups in total. The second kappa shape index (κ2) is 9.01. The second-order valence-electron chi connectivity index (χ2n) is 7.39. The highest BCUT2D eigenvalue weighted by Gasteiger charge is 2.25. The lowest BCUT2D eigenvalue weighted by Gasteiger charge is -2.32. The van der Waals surface area contributed by atoms with Crippen molar-refractivity contribution >= 4 is 5.91 Å². The van der Waals surface area contributed by atoms with Crippen LogP contribution in [-0.4, -0.2) is 46.7 Å². The molecule has 1 saturated heterocycles. The number of rotatable bonds is 6. The van der Waals surface area contributed by atoms with E-state index in [1.807, 2.05) is 66.4 Å². The van der Waals surface area contributed by atoms with Gasteiger partial charge in [0.1, 0.15) is 0 Å². The number of carbonyl (C=O) groups excluding carboxylic acids is 1. The maximum Gasteiger partial charge on any atom is 0.257 e. The van der Waals surface area contributed by atoms with Gasteiger partial charge in [0.2, 0.25) is 0 Å². The summed E-state index contributed by atoms with van der Waals surface area (Å²) in [6.45, 7) is 3.90. The molecule has 0 bridgehead atoms. The molecule has 0 spiro atoms. The Balaban J connectivity index is 1.28. The third-order valence-corrected chi connectivity index (χ3v) is 5.10. The van der Waals surface area contributed by atoms with Crippen LogP contribution in [-0.2, 0) is 11.2 Å². The third kappa shape index (κ3) is 4.90. The molecule has 29 heavy (non-hydrogen) atoms. The number of aromatic nitrogens is 2. The Kier molecular flexibility index (Phi) is 6.00. The topological polar surface area (TPSA) is 68.5 Å². The number of ether oxygens (including phenoxy) is 1. The Hall–Kier alpha value is -2.99. The molecule has 1 unspecified atom stereocenters. The van der Waals surface area contributed by atoms with Gasteiger partial charge in [-0.25, -0.2) is 0 Å². The number of hydrogen-bond acceptors (Lipinski definition) is 5. The van der Waals surface area contributed by atoms with E-state index >= 15 is 0 Å². The fourth-order valence-electron chi connectivity index (χ4n) is 3.59. The first kappa shape index (κ1) is 19.3. The smallest absolute Gasteiger partial charge is 0.257 e. The van der Waals surface area contributed by atoms with Gasteiger partial charge < -0.3 is 14.2 Å². The van der Waals surface area contributed by atoms with Crippen molar-refractivity contribution in [2.75, 3.05) is 19.7 Å². The summed E-state index contributed by atoms with van der Waals surface area (Å²) in [7, 11) is 0. The first-order valence-corrected chi connectivity index (χ1v) is 10.0. The molecule has 1 aliphatic heterocycles. The summed E-state index contributed by atoms with van der Waals surface area (Å²) in [5.74, 6) is 1.23. The quantitative estimate of drug-likeness (QED) is 0.637. The van der Waals surface area contributed by atoms with E-state index in [-0.39, 0.29) is 12.0 Å². The lowest BCUT2D eigenvalue weighted by Crippen LogP contribution is -2.43. The molecule has 4 rings (SSSR count). The SMILES string of the molecule is Cc1cccc(C(=O)N2CCCC(OCCc3noc(-c4ccccc4)n3)C2)c1. The fourth-order valence-corrected chi connectivity index (χ4v) is 3.59. The number of amides is 1. The van der Waals surface area contributed by atoms with Crippen LogP contribution in [0.2, 0.25) is 0 Å². The molecule has 6 heteroatoms. The van der Waals surface area contributed by atoms with Gasteiger partial charge in [-0.05, 0) is 44.0 Å². The van der Waals surface area contributed by atoms with Crippen molar-refractivity contribution in [3.05, 3.63) is 71.5 Å². The summed E-state index contributed by atoms with van der Waals surface area (Å²) in [6.07, 6.45) is 2.53. The summed E-state index contributed by atoms with van der Waals surface area (Å²) in [5, 5.41) is 4.04. The molecule has 1 amide bonds. The summed E-state index contributed by atoms with van der Waals surface area (Å²) in [6, 6.07) is 17.4. The lowest BCUT2D eigenvalue weighted by atomic mass is 10.1. The van der Waals surface area contributed by atoms with Gasteiger partial charge in [-0.1, -0.05) is 41.1 Å². The number of likely N-dealkylation sites (tertiary alicyclic amines) is 1. The molecule has 2 heterocycles. The summed E-state index contributed by atoms with van der Waals surface area (Å²) in [4.78, 5) is 19.1. The van der Waals surface area contributed by atoms with Gasteiger partial charge in [0.05, 0.1) is 12.7 Å². The lowest BCUT2D eigenvalue weighted by molar-refractivity contribution is 0.00251. The van der Waals surface area contributed by atoms with E-state index in [0.29, 0.717) is 31.3 Å². The highest BCUT2D eigenvalue weighted by Crippen LogP contribution is 2.18. The minimum Gasteiger partial charge on any atom is -0.376 e. The van der Waals surface area contributed by atoms with Crippen LogP contribution in [0.15, 0.2) is 59.1 Å². The molecule has 150 valence electrons. The molecule has 3 aromatic rings. The number of carbonyl (C=O) groups is 1. The van der Waals surface area contributed by atoms with E-state index in [2.05, 4.69) is 10.1 Å². The fraction of sp³-hybridized carbons (Fsp3) is 0.348. The predicted molar refractivity (Wildman–Crippen MR) is 109 cm³/mol. The average Bonchev–Trinajstić information content (AvgIpc) is 3.23. The molecular formula is C23H25N3O3. The first-order valence-electron chi connectivity index (χ1n) is 10.0. The zero-order chi connectivity index (χ0) is 20.1. The Bertz CT molecular complexity index is 955. The van der Waals surface area contributed by atoms with Crippen LogP contribution in [0.5, 0.6) is 0 Å². The summed E-state index contributed by atoms with van der Waals surface area (Å²) >= 11 is 0. The van der Waals surface area contributed by atoms with E-state index in [1.54, 1.807) is 0 Å². The Morgan fingerprint density at radius 1 is 1.21 bits per heavy atom. The maximum atomic E-state index is 12.8. The van der Waals surface area contributed by atoms with E-state index < -0.39 is 0 Å². The molecule has 2 aromatic carbocycles. The summed E-state index contributed by atoms with van der Waals surface area (Å²) < 4.78 is 11.4. The van der Waals surface area contributed by atoms with Crippen molar-refractivity contribution in [2.24, 2.45) is 0 Å². The molecule has 0 aliphatic carbocycles. The first-order chi connectivity index (χ1) is 14.2. The van der Waals surface area contributed by atoms with Gasteiger partial charge in [0.15, 0.2) is 5.82 Å². The number of piperidine rings is 1. The number of hydrogen-bond donors (Lipinski definition) is 0. The van der Waals surface area contributed by atoms with Crippen molar-refractivity contribution in [3.63, 3.8) is 0 Å². The van der Waals surface area contributed by atoms with Crippen molar-refractivity contribution in [1.82, 2.24) is 15.0 Å². The average molecular weight is 391 g/mol. The van der Waals surface area contributed by atoms with E-state index in [1.165, 1.54) is 0 Å². The zero-order valence-electron chi connectivity index (χ0n) is 16.6. The van der Waals surface area contributed by atoms with E-state index in [0.717, 1.165) is 36.1 Å². The van der Waals surface area contributed by atoms with Crippen molar-refractivity contribution in [3.8, 4) is 11.5 Å². The molecule has 0 saturated carbocycles. The van der Waals surface area contributed by atoms with Crippen LogP contribution in [0.4, 0.5) is 0 Å². The number of aryl methyl sites for hydroxylation is 1. The van der Waals surface area contributed by atoms with Crippen molar-refractivity contribution in [2.45, 2.75) is 32.3 Å². The zero-order valence-corrected chi connectivity index (χ0v) is 16.6. The molecular weight excluding hydrogens is 366 g/mol. The molecule has 1 aliphatic rings. The summed E-state index contributed by atoms with van der Waals surface area (Å²) in [5.41, 5.74) is 2.74. The number of benzene rings is 2. The van der Waals surface area contributed by atoms with Gasteiger partial charge in [0.25, 0.3) is 11.8 Å². The van der Waals surface area contributed by atoms with Crippen LogP contribution in [0.3, 0.4) is 0 Å². The van der Waals surface area contributed by atoms with Gasteiger partial charge in [-0.2, -0.15) is 4.98 Å². The Morgan fingerprint density at radius 3 is 2.90 bits per heavy atom. The standard InChI is InChI=1S/C23H25N3O3/c1-17-7-5-10-19(15-17)23(27)26-13-6-11-20(16-26)28-14-12-21-24-22(29-25-21)18-8-3-2-4-9-18/h2-5,7-10,15,20H,6,11-14,16H2,1H3. The highest BCUT2D eigenvalue weighted by atomic mass is 16.5. The van der Waals surface area contributed by atoms with Crippen LogP contribution in [0.25, 0.3) is 11.5 Å². The molecule has 1 fully saturated rings. The maximum absolute atomic E-state index is 12.8. The molecule has 1 aromatic heterocycles. The van der Waals surface area contributed by atoms with Crippen molar-refractivity contribution < 1.29 is 14.1 Å². The van der Waals surface area contributed by atoms with Crippen LogP contribution in [0, 0.1) is 6.92 Å². The van der Waals surface area contributed by atoms with Gasteiger partial charge in [-0.3, -0.25) is 4.79 Å².